The fraction of sp³-hybridized carbons (Fsp3) is 0.625. The summed E-state index contributed by atoms with van der Waals surface area (Å²) >= 11 is 0. The number of aliphatic hydroxyl groups is 1. The Balaban J connectivity index is 3.99. The van der Waals surface area contributed by atoms with Crippen molar-refractivity contribution in [2.24, 2.45) is 0 Å². The largest absolute Gasteiger partial charge is 0.480 e. The zero-order valence-electron chi connectivity index (χ0n) is 31.6. The molecule has 1 amide bonds. The number of phosphoric ester groups is 1. The van der Waals surface area contributed by atoms with E-state index < -0.39 is 57.6 Å². The SMILES string of the molecule is CC/C=C\C/C=C\C/C=C\C/C=C\C/C=C\C/C=C\CCCCC(=O)OCC(O)COP(=O)(O)OCC(NC(=O)CCCCCCCCC)C(=O)O. The highest BCUT2D eigenvalue weighted by Crippen LogP contribution is 2.43. The first-order chi connectivity index (χ1) is 25.1. The fourth-order valence-electron chi connectivity index (χ4n) is 4.55. The monoisotopic (exact) mass is 751 g/mol. The highest BCUT2D eigenvalue weighted by molar-refractivity contribution is 7.47. The number of carbonyl (C=O) groups excluding carboxylic acids is 2. The van der Waals surface area contributed by atoms with Gasteiger partial charge in [0.05, 0.1) is 13.2 Å². The molecular formula is C40H66NO10P. The second-order valence-corrected chi connectivity index (χ2v) is 13.8. The van der Waals surface area contributed by atoms with Crippen LogP contribution < -0.4 is 5.32 Å². The molecule has 0 aliphatic heterocycles. The summed E-state index contributed by atoms with van der Waals surface area (Å²) in [6.07, 6.45) is 39.7. The quantitative estimate of drug-likeness (QED) is 0.0216. The van der Waals surface area contributed by atoms with E-state index in [0.717, 1.165) is 83.5 Å². The van der Waals surface area contributed by atoms with Crippen molar-refractivity contribution in [1.29, 1.82) is 0 Å². The Kier molecular flexibility index (Phi) is 32.9. The van der Waals surface area contributed by atoms with Crippen molar-refractivity contribution < 1.29 is 47.8 Å². The number of esters is 1. The van der Waals surface area contributed by atoms with E-state index in [1.54, 1.807) is 0 Å². The Morgan fingerprint density at radius 2 is 1.12 bits per heavy atom. The van der Waals surface area contributed by atoms with Crippen LogP contribution in [0.5, 0.6) is 0 Å². The molecule has 0 aromatic carbocycles. The first-order valence-corrected chi connectivity index (χ1v) is 20.5. The normalized spacial score (nSPS) is 14.7. The lowest BCUT2D eigenvalue weighted by molar-refractivity contribution is -0.147. The molecule has 3 unspecified atom stereocenters. The number of nitrogens with one attached hydrogen (secondary N) is 1. The maximum absolute atomic E-state index is 12.2. The van der Waals surface area contributed by atoms with Crippen LogP contribution in [0.2, 0.25) is 0 Å². The van der Waals surface area contributed by atoms with Crippen molar-refractivity contribution in [2.45, 2.75) is 142 Å². The number of carbonyl (C=O) groups is 3. The minimum absolute atomic E-state index is 0.138. The van der Waals surface area contributed by atoms with Crippen LogP contribution in [0.25, 0.3) is 0 Å². The second kappa shape index (κ2) is 35.0. The van der Waals surface area contributed by atoms with Crippen LogP contribution in [0.15, 0.2) is 72.9 Å². The summed E-state index contributed by atoms with van der Waals surface area (Å²) < 4.78 is 26.6. The molecule has 0 aliphatic rings. The average molecular weight is 752 g/mol. The highest BCUT2D eigenvalue weighted by Gasteiger charge is 2.28. The van der Waals surface area contributed by atoms with Gasteiger partial charge in [0.2, 0.25) is 5.91 Å². The van der Waals surface area contributed by atoms with E-state index in [1.807, 2.05) is 0 Å². The third kappa shape index (κ3) is 34.0. The number of hydrogen-bond acceptors (Lipinski definition) is 8. The van der Waals surface area contributed by atoms with Crippen LogP contribution in [0, 0.1) is 0 Å². The number of allylic oxidation sites excluding steroid dienone is 12. The van der Waals surface area contributed by atoms with Gasteiger partial charge in [0.15, 0.2) is 6.04 Å². The lowest BCUT2D eigenvalue weighted by Crippen LogP contribution is -2.43. The molecule has 0 radical (unpaired) electrons. The number of rotatable bonds is 34. The molecule has 12 heteroatoms. The van der Waals surface area contributed by atoms with Crippen molar-refractivity contribution in [3.8, 4) is 0 Å². The van der Waals surface area contributed by atoms with Gasteiger partial charge in [-0.1, -0.05) is 125 Å². The number of amides is 1. The molecule has 4 N–H and O–H groups in total. The topological polar surface area (TPSA) is 169 Å². The van der Waals surface area contributed by atoms with Gasteiger partial charge in [-0.3, -0.25) is 18.6 Å². The standard InChI is InChI=1S/C40H66NO10P/c1-3-5-7-9-11-12-13-14-15-16-17-18-19-20-21-22-23-24-26-28-30-32-39(44)49-33-36(42)34-50-52(47,48)51-35-37(40(45)46)41-38(43)31-29-27-25-10-8-6-4-2/h5,7,11-12,14-15,17-18,20-21,23-24,36-37,42H,3-4,6,8-10,13,16,19,22,25-35H2,1-2H3,(H,41,43)(H,45,46)(H,47,48)/b7-5-,12-11-,15-14-,18-17-,21-20-,24-23-. The maximum atomic E-state index is 12.2. The molecule has 0 aliphatic carbocycles. The predicted octanol–water partition coefficient (Wildman–Crippen LogP) is 8.99. The predicted molar refractivity (Wildman–Crippen MR) is 208 cm³/mol. The minimum Gasteiger partial charge on any atom is -0.480 e. The number of hydrogen-bond donors (Lipinski definition) is 4. The van der Waals surface area contributed by atoms with Crippen LogP contribution in [0.1, 0.15) is 129 Å². The Morgan fingerprint density at radius 1 is 0.635 bits per heavy atom. The van der Waals surface area contributed by atoms with Crippen LogP contribution in [-0.2, 0) is 32.7 Å². The summed E-state index contributed by atoms with van der Waals surface area (Å²) in [4.78, 5) is 45.5. The average Bonchev–Trinajstić information content (AvgIpc) is 3.11. The molecule has 0 aromatic rings. The molecule has 0 bridgehead atoms. The number of carboxylic acids is 1. The zero-order valence-corrected chi connectivity index (χ0v) is 32.5. The molecule has 0 heterocycles. The van der Waals surface area contributed by atoms with Gasteiger partial charge in [-0.2, -0.15) is 0 Å². The number of ether oxygens (including phenoxy) is 1. The number of aliphatic carboxylic acids is 1. The molecule has 52 heavy (non-hydrogen) atoms. The smallest absolute Gasteiger partial charge is 0.472 e. The van der Waals surface area contributed by atoms with E-state index in [9.17, 15) is 34.1 Å². The van der Waals surface area contributed by atoms with E-state index in [2.05, 4.69) is 92.1 Å². The van der Waals surface area contributed by atoms with Crippen LogP contribution >= 0.6 is 7.82 Å². The Morgan fingerprint density at radius 3 is 1.65 bits per heavy atom. The Bertz CT molecular complexity index is 1160. The lowest BCUT2D eigenvalue weighted by atomic mass is 10.1. The Hall–Kier alpha value is -3.08. The first-order valence-electron chi connectivity index (χ1n) is 19.0. The minimum atomic E-state index is -4.76. The summed E-state index contributed by atoms with van der Waals surface area (Å²) in [5, 5.41) is 21.6. The van der Waals surface area contributed by atoms with Crippen molar-refractivity contribution >= 4 is 25.7 Å². The summed E-state index contributed by atoms with van der Waals surface area (Å²) in [7, 11) is -4.76. The Labute approximate surface area is 312 Å². The lowest BCUT2D eigenvalue weighted by Gasteiger charge is -2.18. The van der Waals surface area contributed by atoms with Gasteiger partial charge in [0, 0.05) is 12.8 Å². The number of carboxylic acid groups (broad SMARTS) is 1. The molecule has 0 saturated carbocycles. The highest BCUT2D eigenvalue weighted by atomic mass is 31.2. The van der Waals surface area contributed by atoms with Crippen molar-refractivity contribution in [3.63, 3.8) is 0 Å². The third-order valence-corrected chi connectivity index (χ3v) is 8.46. The van der Waals surface area contributed by atoms with E-state index in [4.69, 9.17) is 13.8 Å². The molecular weight excluding hydrogens is 685 g/mol. The number of aliphatic hydroxyl groups excluding tert-OH is 1. The van der Waals surface area contributed by atoms with Crippen LogP contribution in [0.3, 0.4) is 0 Å². The summed E-state index contributed by atoms with van der Waals surface area (Å²) in [6, 6.07) is -1.55. The summed E-state index contributed by atoms with van der Waals surface area (Å²) in [6.45, 7) is 2.32. The van der Waals surface area contributed by atoms with Gasteiger partial charge in [0.1, 0.15) is 12.7 Å². The van der Waals surface area contributed by atoms with Crippen molar-refractivity contribution in [2.75, 3.05) is 19.8 Å². The van der Waals surface area contributed by atoms with Gasteiger partial charge in [-0.15, -0.1) is 0 Å². The molecule has 0 rings (SSSR count). The molecule has 0 saturated heterocycles. The van der Waals surface area contributed by atoms with Gasteiger partial charge < -0.3 is 25.2 Å². The van der Waals surface area contributed by atoms with Gasteiger partial charge in [0.25, 0.3) is 0 Å². The van der Waals surface area contributed by atoms with Crippen molar-refractivity contribution in [3.05, 3.63) is 72.9 Å². The van der Waals surface area contributed by atoms with Crippen LogP contribution in [-0.4, -0.2) is 64.9 Å². The third-order valence-electron chi connectivity index (χ3n) is 7.51. The van der Waals surface area contributed by atoms with E-state index in [1.165, 1.54) is 6.42 Å². The van der Waals surface area contributed by atoms with Crippen molar-refractivity contribution in [1.82, 2.24) is 5.32 Å². The first kappa shape index (κ1) is 48.9. The zero-order chi connectivity index (χ0) is 38.5. The second-order valence-electron chi connectivity index (χ2n) is 12.4. The van der Waals surface area contributed by atoms with Crippen LogP contribution in [0.4, 0.5) is 0 Å². The molecule has 0 aromatic heterocycles. The molecule has 296 valence electrons. The summed E-state index contributed by atoms with van der Waals surface area (Å²) in [5.41, 5.74) is 0. The molecule has 3 atom stereocenters. The van der Waals surface area contributed by atoms with Gasteiger partial charge in [-0.05, 0) is 64.2 Å². The maximum Gasteiger partial charge on any atom is 0.472 e. The van der Waals surface area contributed by atoms with E-state index >= 15 is 0 Å². The fourth-order valence-corrected chi connectivity index (χ4v) is 5.32. The molecule has 0 fully saturated rings. The molecule has 11 nitrogen and oxygen atoms in total. The van der Waals surface area contributed by atoms with Gasteiger partial charge in [-0.25, -0.2) is 9.36 Å². The molecule has 0 spiro atoms. The number of phosphoric acid groups is 1. The van der Waals surface area contributed by atoms with E-state index in [-0.39, 0.29) is 12.8 Å². The van der Waals surface area contributed by atoms with Gasteiger partial charge >= 0.3 is 19.8 Å². The van der Waals surface area contributed by atoms with E-state index in [0.29, 0.717) is 12.8 Å². The summed E-state index contributed by atoms with van der Waals surface area (Å²) in [5.74, 6) is -2.44. The number of unbranched alkanes of at least 4 members (excludes halogenated alkanes) is 8.